The topological polar surface area (TPSA) is 59.5 Å². The number of hydrogen-bond acceptors (Lipinski definition) is 4. The normalized spacial score (nSPS) is 14.7. The third kappa shape index (κ3) is 4.54. The fraction of sp³-hybridized carbons (Fsp3) is 0.292. The smallest absolute Gasteiger partial charge is 0.339 e. The van der Waals surface area contributed by atoms with Gasteiger partial charge in [0.2, 0.25) is 0 Å². The van der Waals surface area contributed by atoms with Gasteiger partial charge < -0.3 is 9.64 Å². The average Bonchev–Trinajstić information content (AvgIpc) is 2.77. The van der Waals surface area contributed by atoms with E-state index < -0.39 is 5.97 Å². The molecule has 1 fully saturated rings. The lowest BCUT2D eigenvalue weighted by Gasteiger charge is -2.30. The van der Waals surface area contributed by atoms with Crippen LogP contribution in [-0.4, -0.2) is 41.5 Å². The van der Waals surface area contributed by atoms with Crippen LogP contribution in [0.25, 0.3) is 22.2 Å². The van der Waals surface area contributed by atoms with Crippen LogP contribution in [0.5, 0.6) is 0 Å². The van der Waals surface area contributed by atoms with Crippen LogP contribution in [0.1, 0.15) is 30.1 Å². The van der Waals surface area contributed by atoms with Crippen LogP contribution >= 0.6 is 15.9 Å². The molecule has 1 aliphatic heterocycles. The Morgan fingerprint density at radius 2 is 1.80 bits per heavy atom. The Balaban J connectivity index is 1.57. The molecule has 1 amide bonds. The molecule has 2 heterocycles. The fourth-order valence-corrected chi connectivity index (χ4v) is 3.93. The molecule has 5 nitrogen and oxygen atoms in total. The molecule has 4 rings (SSSR count). The molecule has 3 aromatic rings. The summed E-state index contributed by atoms with van der Waals surface area (Å²) in [5.41, 5.74) is 2.71. The summed E-state index contributed by atoms with van der Waals surface area (Å²) in [7, 11) is 0. The minimum absolute atomic E-state index is 0.137. The summed E-state index contributed by atoms with van der Waals surface area (Å²) in [4.78, 5) is 31.8. The van der Waals surface area contributed by atoms with Gasteiger partial charge in [-0.3, -0.25) is 4.79 Å². The molecule has 1 aliphatic rings. The summed E-state index contributed by atoms with van der Waals surface area (Å²) in [6.07, 6.45) is 1.98. The Bertz CT molecular complexity index is 1070. The van der Waals surface area contributed by atoms with Crippen LogP contribution in [0.15, 0.2) is 59.1 Å². The zero-order valence-electron chi connectivity index (χ0n) is 16.8. The van der Waals surface area contributed by atoms with Crippen molar-refractivity contribution in [1.29, 1.82) is 0 Å². The minimum Gasteiger partial charge on any atom is -0.452 e. The van der Waals surface area contributed by atoms with E-state index in [0.717, 1.165) is 36.0 Å². The number of hydrogen-bond donors (Lipinski definition) is 0. The second-order valence-electron chi connectivity index (χ2n) is 7.72. The highest BCUT2D eigenvalue weighted by atomic mass is 79.9. The molecule has 0 saturated carbocycles. The van der Waals surface area contributed by atoms with Crippen LogP contribution in [-0.2, 0) is 9.53 Å². The van der Waals surface area contributed by atoms with E-state index in [1.54, 1.807) is 11.0 Å². The van der Waals surface area contributed by atoms with Crippen LogP contribution in [0, 0.1) is 5.92 Å². The molecule has 1 aromatic heterocycles. The van der Waals surface area contributed by atoms with E-state index in [9.17, 15) is 9.59 Å². The van der Waals surface area contributed by atoms with Gasteiger partial charge in [0.25, 0.3) is 5.91 Å². The molecule has 2 aromatic carbocycles. The van der Waals surface area contributed by atoms with Crippen LogP contribution < -0.4 is 0 Å². The Kier molecular flexibility index (Phi) is 6.13. The summed E-state index contributed by atoms with van der Waals surface area (Å²) in [5.74, 6) is -0.00996. The van der Waals surface area contributed by atoms with E-state index >= 15 is 0 Å². The van der Waals surface area contributed by atoms with Crippen molar-refractivity contribution < 1.29 is 14.3 Å². The van der Waals surface area contributed by atoms with E-state index in [4.69, 9.17) is 9.72 Å². The fourth-order valence-electron chi connectivity index (χ4n) is 3.67. The highest BCUT2D eigenvalue weighted by Crippen LogP contribution is 2.26. The highest BCUT2D eigenvalue weighted by Gasteiger charge is 2.22. The first kappa shape index (κ1) is 20.5. The van der Waals surface area contributed by atoms with Gasteiger partial charge in [-0.05, 0) is 43.0 Å². The quantitative estimate of drug-likeness (QED) is 0.503. The molecule has 0 radical (unpaired) electrons. The van der Waals surface area contributed by atoms with Crippen molar-refractivity contribution in [1.82, 2.24) is 9.88 Å². The standard InChI is InChI=1S/C24H23BrN2O3/c1-16-10-12-27(13-11-16)23(28)15-30-24(29)20-14-22(17-6-8-18(25)9-7-17)26-21-5-3-2-4-19(20)21/h2-9,14,16H,10-13,15H2,1H3. The number of rotatable bonds is 4. The Labute approximate surface area is 184 Å². The van der Waals surface area contributed by atoms with Gasteiger partial charge in [-0.15, -0.1) is 0 Å². The number of nitrogens with zero attached hydrogens (tertiary/aromatic N) is 2. The van der Waals surface area contributed by atoms with Gasteiger partial charge in [0, 0.05) is 28.5 Å². The van der Waals surface area contributed by atoms with Crippen molar-refractivity contribution in [2.24, 2.45) is 5.92 Å². The van der Waals surface area contributed by atoms with E-state index in [2.05, 4.69) is 22.9 Å². The van der Waals surface area contributed by atoms with E-state index in [-0.39, 0.29) is 12.5 Å². The molecular formula is C24H23BrN2O3. The highest BCUT2D eigenvalue weighted by molar-refractivity contribution is 9.10. The summed E-state index contributed by atoms with van der Waals surface area (Å²) < 4.78 is 6.39. The van der Waals surface area contributed by atoms with E-state index in [1.807, 2.05) is 48.5 Å². The maximum Gasteiger partial charge on any atom is 0.339 e. The van der Waals surface area contributed by atoms with Crippen LogP contribution in [0.4, 0.5) is 0 Å². The average molecular weight is 467 g/mol. The number of piperidine rings is 1. The van der Waals surface area contributed by atoms with E-state index in [0.29, 0.717) is 28.1 Å². The molecule has 0 atom stereocenters. The number of benzene rings is 2. The van der Waals surface area contributed by atoms with Gasteiger partial charge in [0.15, 0.2) is 6.61 Å². The van der Waals surface area contributed by atoms with Gasteiger partial charge in [0.1, 0.15) is 0 Å². The number of amides is 1. The zero-order valence-corrected chi connectivity index (χ0v) is 18.4. The van der Waals surface area contributed by atoms with Crippen molar-refractivity contribution in [3.05, 3.63) is 64.6 Å². The molecule has 0 unspecified atom stereocenters. The Morgan fingerprint density at radius 1 is 1.10 bits per heavy atom. The number of carbonyl (C=O) groups is 2. The lowest BCUT2D eigenvalue weighted by Crippen LogP contribution is -2.40. The molecular weight excluding hydrogens is 444 g/mol. The second-order valence-corrected chi connectivity index (χ2v) is 8.63. The number of carbonyl (C=O) groups excluding carboxylic acids is 2. The lowest BCUT2D eigenvalue weighted by molar-refractivity contribution is -0.135. The van der Waals surface area contributed by atoms with E-state index in [1.165, 1.54) is 0 Å². The van der Waals surface area contributed by atoms with Crippen molar-refractivity contribution in [2.45, 2.75) is 19.8 Å². The molecule has 154 valence electrons. The number of ether oxygens (including phenoxy) is 1. The first-order valence-corrected chi connectivity index (χ1v) is 10.9. The van der Waals surface area contributed by atoms with Crippen LogP contribution in [0.2, 0.25) is 0 Å². The predicted molar refractivity (Wildman–Crippen MR) is 120 cm³/mol. The second kappa shape index (κ2) is 8.96. The lowest BCUT2D eigenvalue weighted by atomic mass is 9.99. The van der Waals surface area contributed by atoms with Gasteiger partial charge in [-0.2, -0.15) is 0 Å². The first-order chi connectivity index (χ1) is 14.5. The molecule has 0 bridgehead atoms. The third-order valence-electron chi connectivity index (χ3n) is 5.54. The number of pyridine rings is 1. The number of esters is 1. The molecule has 30 heavy (non-hydrogen) atoms. The first-order valence-electron chi connectivity index (χ1n) is 10.1. The molecule has 0 N–H and O–H groups in total. The SMILES string of the molecule is CC1CCN(C(=O)COC(=O)c2cc(-c3ccc(Br)cc3)nc3ccccc23)CC1. The van der Waals surface area contributed by atoms with Crippen molar-refractivity contribution in [3.8, 4) is 11.3 Å². The van der Waals surface area contributed by atoms with Crippen molar-refractivity contribution in [2.75, 3.05) is 19.7 Å². The summed E-state index contributed by atoms with van der Waals surface area (Å²) in [6.45, 7) is 3.41. The maximum atomic E-state index is 12.9. The number of aromatic nitrogens is 1. The number of halogens is 1. The largest absolute Gasteiger partial charge is 0.452 e. The summed E-state index contributed by atoms with van der Waals surface area (Å²) >= 11 is 3.44. The monoisotopic (exact) mass is 466 g/mol. The van der Waals surface area contributed by atoms with Gasteiger partial charge in [0.05, 0.1) is 16.8 Å². The molecule has 0 aliphatic carbocycles. The molecule has 1 saturated heterocycles. The maximum absolute atomic E-state index is 12.9. The van der Waals surface area contributed by atoms with Crippen molar-refractivity contribution >= 4 is 38.7 Å². The predicted octanol–water partition coefficient (Wildman–Crippen LogP) is 5.08. The number of likely N-dealkylation sites (tertiary alicyclic amines) is 1. The van der Waals surface area contributed by atoms with Gasteiger partial charge in [-0.25, -0.2) is 9.78 Å². The number of fused-ring (bicyclic) bond motifs is 1. The third-order valence-corrected chi connectivity index (χ3v) is 6.07. The van der Waals surface area contributed by atoms with Crippen LogP contribution in [0.3, 0.4) is 0 Å². The van der Waals surface area contributed by atoms with Gasteiger partial charge >= 0.3 is 5.97 Å². The minimum atomic E-state index is -0.509. The van der Waals surface area contributed by atoms with Gasteiger partial charge in [-0.1, -0.05) is 53.2 Å². The molecule has 0 spiro atoms. The van der Waals surface area contributed by atoms with Crippen molar-refractivity contribution in [3.63, 3.8) is 0 Å². The summed E-state index contributed by atoms with van der Waals surface area (Å²) in [5, 5.41) is 0.711. The summed E-state index contributed by atoms with van der Waals surface area (Å²) in [6, 6.07) is 16.9. The Hall–Kier alpha value is -2.73. The zero-order chi connectivity index (χ0) is 21.1. The molecule has 6 heteroatoms. The number of para-hydroxylation sites is 1. The Morgan fingerprint density at radius 3 is 2.53 bits per heavy atom.